The molecule has 0 aromatic carbocycles. The van der Waals surface area contributed by atoms with Crippen molar-refractivity contribution in [3.8, 4) is 11.3 Å². The van der Waals surface area contributed by atoms with Crippen LogP contribution in [0.3, 0.4) is 0 Å². The maximum Gasteiger partial charge on any atom is 0.240 e. The number of amides is 1. The zero-order valence-electron chi connectivity index (χ0n) is 15.6. The van der Waals surface area contributed by atoms with E-state index in [9.17, 15) is 9.90 Å². The van der Waals surface area contributed by atoms with Gasteiger partial charge in [-0.1, -0.05) is 6.92 Å². The Morgan fingerprint density at radius 2 is 2.04 bits per heavy atom. The van der Waals surface area contributed by atoms with E-state index in [2.05, 4.69) is 36.2 Å². The summed E-state index contributed by atoms with van der Waals surface area (Å²) in [6.07, 6.45) is 4.83. The monoisotopic (exact) mass is 382 g/mol. The summed E-state index contributed by atoms with van der Waals surface area (Å²) in [4.78, 5) is 24.7. The first kappa shape index (κ1) is 19.2. The maximum atomic E-state index is 11.8. The molecule has 10 heteroatoms. The van der Waals surface area contributed by atoms with Crippen molar-refractivity contribution in [2.24, 2.45) is 7.05 Å². The van der Waals surface area contributed by atoms with Gasteiger partial charge in [-0.15, -0.1) is 0 Å². The molecule has 4 N–H and O–H groups in total. The predicted molar refractivity (Wildman–Crippen MR) is 104 cm³/mol. The lowest BCUT2D eigenvalue weighted by Gasteiger charge is -2.11. The summed E-state index contributed by atoms with van der Waals surface area (Å²) < 4.78 is 1.68. The van der Waals surface area contributed by atoms with Crippen molar-refractivity contribution in [1.82, 2.24) is 30.2 Å². The molecule has 1 atom stereocenters. The average molecular weight is 382 g/mol. The van der Waals surface area contributed by atoms with Gasteiger partial charge in [-0.05, 0) is 24.6 Å². The molecule has 0 aliphatic heterocycles. The summed E-state index contributed by atoms with van der Waals surface area (Å²) in [6, 6.07) is 7.17. The number of nitrogens with zero attached hydrogens (tertiary/aromatic N) is 5. The van der Waals surface area contributed by atoms with Crippen LogP contribution in [0.25, 0.3) is 11.3 Å². The van der Waals surface area contributed by atoms with E-state index in [1.807, 2.05) is 26.1 Å². The van der Waals surface area contributed by atoms with Gasteiger partial charge in [0.15, 0.2) is 0 Å². The van der Waals surface area contributed by atoms with Crippen molar-refractivity contribution in [2.75, 3.05) is 10.7 Å². The van der Waals surface area contributed by atoms with Crippen molar-refractivity contribution in [2.45, 2.75) is 25.9 Å². The molecule has 146 valence electrons. The number of hydrazine groups is 1. The number of aliphatic hydroxyl groups excluding tert-OH is 1. The standard InChI is InChI=1S/C18H22N8O2/c1-3-13(27)11-17(28)25-24-15-10-12(4-7-19-15)14-5-8-20-18(22-14)23-16-6-9-21-26(16)2/h4-10,13,27H,3,11H2,1-2H3,(H,19,24)(H,25,28)(H,20,22,23)/t13-/m0/s1. The summed E-state index contributed by atoms with van der Waals surface area (Å²) >= 11 is 0. The van der Waals surface area contributed by atoms with Crippen molar-refractivity contribution in [1.29, 1.82) is 0 Å². The summed E-state index contributed by atoms with van der Waals surface area (Å²) in [5, 5.41) is 16.7. The first-order valence-electron chi connectivity index (χ1n) is 8.82. The van der Waals surface area contributed by atoms with E-state index in [1.54, 1.807) is 35.4 Å². The predicted octanol–water partition coefficient (Wildman–Crippen LogP) is 1.62. The van der Waals surface area contributed by atoms with Gasteiger partial charge in [-0.25, -0.2) is 15.0 Å². The van der Waals surface area contributed by atoms with E-state index in [0.717, 1.165) is 11.4 Å². The zero-order chi connectivity index (χ0) is 19.9. The van der Waals surface area contributed by atoms with Crippen molar-refractivity contribution in [3.05, 3.63) is 42.9 Å². The highest BCUT2D eigenvalue weighted by molar-refractivity contribution is 5.77. The first-order chi connectivity index (χ1) is 13.5. The molecule has 0 aliphatic rings. The summed E-state index contributed by atoms with van der Waals surface area (Å²) in [5.74, 6) is 1.35. The topological polar surface area (TPSA) is 130 Å². The number of hydrogen-bond donors (Lipinski definition) is 4. The lowest BCUT2D eigenvalue weighted by Crippen LogP contribution is -2.32. The normalized spacial score (nSPS) is 11.7. The van der Waals surface area contributed by atoms with Crippen LogP contribution in [0.5, 0.6) is 0 Å². The number of aromatic nitrogens is 5. The SMILES string of the molecule is CC[C@H](O)CC(=O)NNc1cc(-c2ccnc(Nc3ccnn3C)n2)ccn1. The average Bonchev–Trinajstić information content (AvgIpc) is 3.11. The summed E-state index contributed by atoms with van der Waals surface area (Å²) in [7, 11) is 1.82. The Kier molecular flexibility index (Phi) is 6.12. The Balaban J connectivity index is 1.69. The van der Waals surface area contributed by atoms with Crippen molar-refractivity contribution in [3.63, 3.8) is 0 Å². The van der Waals surface area contributed by atoms with Gasteiger partial charge >= 0.3 is 0 Å². The Morgan fingerprint density at radius 3 is 2.79 bits per heavy atom. The fourth-order valence-corrected chi connectivity index (χ4v) is 2.39. The minimum atomic E-state index is -0.660. The fraction of sp³-hybridized carbons (Fsp3) is 0.278. The van der Waals surface area contributed by atoms with Gasteiger partial charge in [0.2, 0.25) is 11.9 Å². The fourth-order valence-electron chi connectivity index (χ4n) is 2.39. The second-order valence-corrected chi connectivity index (χ2v) is 6.10. The van der Waals surface area contributed by atoms with Crippen molar-refractivity contribution >= 4 is 23.5 Å². The van der Waals surface area contributed by atoms with Crippen LogP contribution in [0, 0.1) is 0 Å². The molecule has 3 heterocycles. The number of rotatable bonds is 8. The molecule has 3 aromatic rings. The van der Waals surface area contributed by atoms with E-state index in [1.165, 1.54) is 0 Å². The van der Waals surface area contributed by atoms with Crippen LogP contribution in [0.4, 0.5) is 17.6 Å². The Morgan fingerprint density at radius 1 is 1.21 bits per heavy atom. The second-order valence-electron chi connectivity index (χ2n) is 6.10. The lowest BCUT2D eigenvalue weighted by molar-refractivity contribution is -0.122. The summed E-state index contributed by atoms with van der Waals surface area (Å²) in [5.41, 5.74) is 6.77. The van der Waals surface area contributed by atoms with Crippen LogP contribution in [-0.4, -0.2) is 41.9 Å². The third-order valence-electron chi connectivity index (χ3n) is 3.99. The molecule has 0 spiro atoms. The van der Waals surface area contributed by atoms with Crippen LogP contribution < -0.4 is 16.2 Å². The van der Waals surface area contributed by atoms with Crippen LogP contribution in [0.15, 0.2) is 42.9 Å². The highest BCUT2D eigenvalue weighted by atomic mass is 16.3. The van der Waals surface area contributed by atoms with Crippen molar-refractivity contribution < 1.29 is 9.90 Å². The molecular weight excluding hydrogens is 360 g/mol. The van der Waals surface area contributed by atoms with Gasteiger partial charge in [-0.2, -0.15) is 5.10 Å². The number of pyridine rings is 1. The van der Waals surface area contributed by atoms with E-state index in [4.69, 9.17) is 0 Å². The number of hydrogen-bond acceptors (Lipinski definition) is 8. The highest BCUT2D eigenvalue weighted by Gasteiger charge is 2.09. The number of carbonyl (C=O) groups excluding carboxylic acids is 1. The molecule has 3 rings (SSSR count). The van der Waals surface area contributed by atoms with Gasteiger partial charge in [-0.3, -0.25) is 20.3 Å². The second kappa shape index (κ2) is 8.91. The van der Waals surface area contributed by atoms with Crippen LogP contribution in [0.1, 0.15) is 19.8 Å². The molecule has 0 bridgehead atoms. The molecule has 10 nitrogen and oxygen atoms in total. The number of anilines is 3. The molecule has 3 aromatic heterocycles. The van der Waals surface area contributed by atoms with Gasteiger partial charge in [0.1, 0.15) is 11.6 Å². The van der Waals surface area contributed by atoms with Crippen LogP contribution >= 0.6 is 0 Å². The number of aryl methyl sites for hydroxylation is 1. The quantitative estimate of drug-likeness (QED) is 0.433. The Labute approximate surface area is 162 Å². The van der Waals surface area contributed by atoms with Gasteiger partial charge in [0.05, 0.1) is 24.4 Å². The molecule has 0 aliphatic carbocycles. The van der Waals surface area contributed by atoms with Gasteiger partial charge in [0.25, 0.3) is 0 Å². The molecule has 0 saturated heterocycles. The van der Waals surface area contributed by atoms with E-state index < -0.39 is 6.10 Å². The first-order valence-corrected chi connectivity index (χ1v) is 8.82. The highest BCUT2D eigenvalue weighted by Crippen LogP contribution is 2.20. The molecule has 1 amide bonds. The third-order valence-corrected chi connectivity index (χ3v) is 3.99. The number of aliphatic hydroxyl groups is 1. The Bertz CT molecular complexity index is 943. The molecular formula is C18H22N8O2. The van der Waals surface area contributed by atoms with E-state index >= 15 is 0 Å². The van der Waals surface area contributed by atoms with E-state index in [0.29, 0.717) is 23.9 Å². The lowest BCUT2D eigenvalue weighted by atomic mass is 10.2. The zero-order valence-corrected chi connectivity index (χ0v) is 15.6. The smallest absolute Gasteiger partial charge is 0.240 e. The number of nitrogens with one attached hydrogen (secondary N) is 3. The van der Waals surface area contributed by atoms with Crippen LogP contribution in [-0.2, 0) is 11.8 Å². The summed E-state index contributed by atoms with van der Waals surface area (Å²) in [6.45, 7) is 1.82. The van der Waals surface area contributed by atoms with Gasteiger partial charge < -0.3 is 10.4 Å². The largest absolute Gasteiger partial charge is 0.393 e. The minimum absolute atomic E-state index is 0.0259. The number of carbonyl (C=O) groups is 1. The molecule has 0 unspecified atom stereocenters. The minimum Gasteiger partial charge on any atom is -0.393 e. The molecule has 0 fully saturated rings. The Hall–Kier alpha value is -3.53. The molecule has 28 heavy (non-hydrogen) atoms. The molecule has 0 saturated carbocycles. The van der Waals surface area contributed by atoms with Gasteiger partial charge in [0, 0.05) is 31.1 Å². The maximum absolute atomic E-state index is 11.8. The van der Waals surface area contributed by atoms with E-state index in [-0.39, 0.29) is 12.3 Å². The van der Waals surface area contributed by atoms with Crippen LogP contribution in [0.2, 0.25) is 0 Å². The third kappa shape index (κ3) is 5.01. The molecule has 0 radical (unpaired) electrons.